The van der Waals surface area contributed by atoms with Crippen molar-refractivity contribution in [3.05, 3.63) is 23.8 Å². The van der Waals surface area contributed by atoms with Gasteiger partial charge in [-0.1, -0.05) is 26.7 Å². The Morgan fingerprint density at radius 3 is 1.25 bits per heavy atom. The zero-order chi connectivity index (χ0) is 12.8. The lowest BCUT2D eigenvalue weighted by atomic mass is 10.2. The molecule has 0 heterocycles. The van der Waals surface area contributed by atoms with Crippen molar-refractivity contribution in [1.82, 2.24) is 0 Å². The highest BCUT2D eigenvalue weighted by Crippen LogP contribution is 2.01. The van der Waals surface area contributed by atoms with Crippen molar-refractivity contribution >= 4 is 0 Å². The molecule has 2 nitrogen and oxygen atoms in total. The summed E-state index contributed by atoms with van der Waals surface area (Å²) in [5.74, 6) is 0. The van der Waals surface area contributed by atoms with Crippen molar-refractivity contribution in [3.63, 3.8) is 0 Å². The summed E-state index contributed by atoms with van der Waals surface area (Å²) in [5, 5.41) is 0. The average molecular weight is 234 g/mol. The molecule has 4 N–H and O–H groups in total. The summed E-state index contributed by atoms with van der Waals surface area (Å²) in [6, 6.07) is 0. The van der Waals surface area contributed by atoms with Gasteiger partial charge in [-0.25, -0.2) is 8.78 Å². The first-order valence-electron chi connectivity index (χ1n) is 5.66. The van der Waals surface area contributed by atoms with E-state index >= 15 is 0 Å². The molecular weight excluding hydrogens is 210 g/mol. The standard InChI is InChI=1S/2C6H12FN/c2*1-2-3-6(4-7)5-8/h2*4H,2-3,5,8H2,1H3/b6-4+;6-4-. The number of nitrogens with two attached hydrogens (primary N) is 2. The van der Waals surface area contributed by atoms with Crippen LogP contribution in [0.3, 0.4) is 0 Å². The third-order valence-corrected chi connectivity index (χ3v) is 1.98. The summed E-state index contributed by atoms with van der Waals surface area (Å²) in [5.41, 5.74) is 11.7. The van der Waals surface area contributed by atoms with Crippen LogP contribution in [0.15, 0.2) is 23.8 Å². The van der Waals surface area contributed by atoms with E-state index in [-0.39, 0.29) is 0 Å². The van der Waals surface area contributed by atoms with Gasteiger partial charge in [0.25, 0.3) is 0 Å². The summed E-state index contributed by atoms with van der Waals surface area (Å²) in [4.78, 5) is 0. The third kappa shape index (κ3) is 11.3. The Labute approximate surface area is 97.4 Å². The summed E-state index contributed by atoms with van der Waals surface area (Å²) in [6.07, 6.45) is 4.70. The van der Waals surface area contributed by atoms with Gasteiger partial charge in [0.05, 0.1) is 12.7 Å². The molecular formula is C12H24F2N2. The van der Waals surface area contributed by atoms with Crippen LogP contribution >= 0.6 is 0 Å². The van der Waals surface area contributed by atoms with Crippen LogP contribution < -0.4 is 11.5 Å². The zero-order valence-electron chi connectivity index (χ0n) is 10.3. The van der Waals surface area contributed by atoms with Gasteiger partial charge >= 0.3 is 0 Å². The summed E-state index contributed by atoms with van der Waals surface area (Å²) in [6.45, 7) is 4.70. The Balaban J connectivity index is 0. The number of hydrogen-bond acceptors (Lipinski definition) is 2. The average Bonchev–Trinajstić information content (AvgIpc) is 2.33. The number of hydrogen-bond donors (Lipinski definition) is 2. The predicted octanol–water partition coefficient (Wildman–Crippen LogP) is 3.20. The van der Waals surface area contributed by atoms with Gasteiger partial charge in [-0.05, 0) is 24.0 Å². The minimum atomic E-state index is 0.352. The maximum atomic E-state index is 11.6. The van der Waals surface area contributed by atoms with Gasteiger partial charge in [0.15, 0.2) is 0 Å². The van der Waals surface area contributed by atoms with Gasteiger partial charge in [-0.15, -0.1) is 0 Å². The smallest absolute Gasteiger partial charge is 0.0871 e. The topological polar surface area (TPSA) is 52.0 Å². The van der Waals surface area contributed by atoms with Gasteiger partial charge in [0, 0.05) is 13.1 Å². The van der Waals surface area contributed by atoms with Crippen molar-refractivity contribution in [3.8, 4) is 0 Å². The van der Waals surface area contributed by atoms with Crippen LogP contribution in [-0.4, -0.2) is 13.1 Å². The van der Waals surface area contributed by atoms with Crippen LogP contribution in [-0.2, 0) is 0 Å². The minimum Gasteiger partial charge on any atom is -0.327 e. The Bertz CT molecular complexity index is 179. The molecule has 0 spiro atoms. The quantitative estimate of drug-likeness (QED) is 0.741. The molecule has 0 aromatic carbocycles. The molecule has 0 unspecified atom stereocenters. The Morgan fingerprint density at radius 1 is 0.875 bits per heavy atom. The lowest BCUT2D eigenvalue weighted by Gasteiger charge is -1.95. The van der Waals surface area contributed by atoms with Crippen molar-refractivity contribution in [2.45, 2.75) is 39.5 Å². The molecule has 0 amide bonds. The van der Waals surface area contributed by atoms with Crippen molar-refractivity contribution in [2.75, 3.05) is 13.1 Å². The van der Waals surface area contributed by atoms with E-state index in [1.54, 1.807) is 0 Å². The van der Waals surface area contributed by atoms with E-state index in [9.17, 15) is 8.78 Å². The van der Waals surface area contributed by atoms with E-state index in [0.29, 0.717) is 36.9 Å². The van der Waals surface area contributed by atoms with Crippen LogP contribution in [0.1, 0.15) is 39.5 Å². The molecule has 0 saturated carbocycles. The van der Waals surface area contributed by atoms with Gasteiger partial charge in [0.2, 0.25) is 0 Å². The molecule has 16 heavy (non-hydrogen) atoms. The Hall–Kier alpha value is -0.740. The first-order valence-corrected chi connectivity index (χ1v) is 5.66. The maximum absolute atomic E-state index is 11.6. The lowest BCUT2D eigenvalue weighted by molar-refractivity contribution is 0.689. The molecule has 0 fully saturated rings. The second-order valence-electron chi connectivity index (χ2n) is 3.44. The van der Waals surface area contributed by atoms with E-state index in [1.807, 2.05) is 13.8 Å². The third-order valence-electron chi connectivity index (χ3n) is 1.98. The van der Waals surface area contributed by atoms with E-state index in [0.717, 1.165) is 25.7 Å². The van der Waals surface area contributed by atoms with Crippen molar-refractivity contribution < 1.29 is 8.78 Å². The normalized spacial score (nSPS) is 12.1. The van der Waals surface area contributed by atoms with Crippen LogP contribution in [0, 0.1) is 0 Å². The number of rotatable bonds is 6. The molecule has 0 radical (unpaired) electrons. The van der Waals surface area contributed by atoms with Crippen LogP contribution in [0.2, 0.25) is 0 Å². The molecule has 0 aliphatic heterocycles. The molecule has 0 aromatic heterocycles. The first-order chi connectivity index (χ1) is 7.69. The zero-order valence-corrected chi connectivity index (χ0v) is 10.3. The second kappa shape index (κ2) is 14.3. The predicted molar refractivity (Wildman–Crippen MR) is 66.3 cm³/mol. The number of halogens is 2. The molecule has 4 heteroatoms. The molecule has 0 bridgehead atoms. The molecule has 0 aliphatic rings. The summed E-state index contributed by atoms with van der Waals surface area (Å²) >= 11 is 0. The molecule has 0 aromatic rings. The van der Waals surface area contributed by atoms with Gasteiger partial charge in [-0.3, -0.25) is 0 Å². The van der Waals surface area contributed by atoms with Crippen LogP contribution in [0.4, 0.5) is 8.78 Å². The van der Waals surface area contributed by atoms with Crippen molar-refractivity contribution in [2.24, 2.45) is 11.5 Å². The highest BCUT2D eigenvalue weighted by molar-refractivity contribution is 4.98. The monoisotopic (exact) mass is 234 g/mol. The van der Waals surface area contributed by atoms with E-state index in [4.69, 9.17) is 11.5 Å². The Morgan fingerprint density at radius 2 is 1.19 bits per heavy atom. The largest absolute Gasteiger partial charge is 0.327 e. The first kappa shape index (κ1) is 17.6. The fraction of sp³-hybridized carbons (Fsp3) is 0.667. The lowest BCUT2D eigenvalue weighted by Crippen LogP contribution is -2.01. The van der Waals surface area contributed by atoms with Gasteiger partial charge in [-0.2, -0.15) is 0 Å². The molecule has 0 rings (SSSR count). The highest BCUT2D eigenvalue weighted by atomic mass is 19.1. The van der Waals surface area contributed by atoms with Crippen LogP contribution in [0.25, 0.3) is 0 Å². The van der Waals surface area contributed by atoms with Crippen LogP contribution in [0.5, 0.6) is 0 Å². The molecule has 0 atom stereocenters. The second-order valence-corrected chi connectivity index (χ2v) is 3.44. The van der Waals surface area contributed by atoms with E-state index in [1.165, 1.54) is 0 Å². The fourth-order valence-electron chi connectivity index (χ4n) is 1.04. The molecule has 0 saturated heterocycles. The molecule has 96 valence electrons. The SMILES string of the molecule is CCC/C(=C/F)CN.CCC/C(=C\F)CN. The summed E-state index contributed by atoms with van der Waals surface area (Å²) in [7, 11) is 0. The van der Waals surface area contributed by atoms with E-state index < -0.39 is 0 Å². The highest BCUT2D eigenvalue weighted by Gasteiger charge is 1.89. The van der Waals surface area contributed by atoms with E-state index in [2.05, 4.69) is 0 Å². The maximum Gasteiger partial charge on any atom is 0.0871 e. The minimum absolute atomic E-state index is 0.352. The molecule has 0 aliphatic carbocycles. The fourth-order valence-corrected chi connectivity index (χ4v) is 1.04. The van der Waals surface area contributed by atoms with Gasteiger partial charge in [0.1, 0.15) is 0 Å². The van der Waals surface area contributed by atoms with Crippen molar-refractivity contribution in [1.29, 1.82) is 0 Å². The summed E-state index contributed by atoms with van der Waals surface area (Å²) < 4.78 is 23.2. The Kier molecular flexibility index (Phi) is 15.7. The van der Waals surface area contributed by atoms with Gasteiger partial charge < -0.3 is 11.5 Å².